The quantitative estimate of drug-likeness (QED) is 0.746. The number of carbonyl (C=O) groups excluding carboxylic acids is 1. The fraction of sp³-hybridized carbons (Fsp3) is 0.133. The van der Waals surface area contributed by atoms with Gasteiger partial charge in [-0.1, -0.05) is 17.7 Å². The number of hydrogen-bond acceptors (Lipinski definition) is 2. The highest BCUT2D eigenvalue weighted by Gasteiger charge is 2.01. The van der Waals surface area contributed by atoms with Gasteiger partial charge in [-0.3, -0.25) is 0 Å². The highest BCUT2D eigenvalue weighted by molar-refractivity contribution is 9.10. The number of hydrogen-bond donors (Lipinski definition) is 3. The van der Waals surface area contributed by atoms with Gasteiger partial charge in [-0.25, -0.2) is 4.79 Å². The molecule has 0 fully saturated rings. The molecule has 0 saturated heterocycles. The molecule has 0 aliphatic heterocycles. The number of urea groups is 1. The van der Waals surface area contributed by atoms with Crippen molar-refractivity contribution in [2.75, 3.05) is 17.7 Å². The number of benzene rings is 2. The fourth-order valence-corrected chi connectivity index (χ4v) is 2.17. The highest BCUT2D eigenvalue weighted by Crippen LogP contribution is 2.23. The zero-order valence-electron chi connectivity index (χ0n) is 11.4. The fourth-order valence-electron chi connectivity index (χ4n) is 1.72. The molecular weight excluding hydrogens is 354 g/mol. The van der Waals surface area contributed by atoms with Crippen molar-refractivity contribution < 1.29 is 4.79 Å². The number of halogens is 2. The molecule has 0 heterocycles. The highest BCUT2D eigenvalue weighted by atomic mass is 79.9. The summed E-state index contributed by atoms with van der Waals surface area (Å²) in [6.07, 6.45) is 0. The first-order valence-corrected chi connectivity index (χ1v) is 7.52. The Bertz CT molecular complexity index is 631. The predicted octanol–water partition coefficient (Wildman–Crippen LogP) is 4.47. The lowest BCUT2D eigenvalue weighted by molar-refractivity contribution is 0.254. The molecule has 0 aliphatic rings. The Balaban J connectivity index is 1.94. The van der Waals surface area contributed by atoms with Crippen LogP contribution in [0.25, 0.3) is 0 Å². The smallest absolute Gasteiger partial charge is 0.318 e. The molecule has 21 heavy (non-hydrogen) atoms. The van der Waals surface area contributed by atoms with Gasteiger partial charge in [0.25, 0.3) is 0 Å². The molecule has 2 aromatic carbocycles. The van der Waals surface area contributed by atoms with Crippen LogP contribution in [0.3, 0.4) is 0 Å². The van der Waals surface area contributed by atoms with E-state index in [1.165, 1.54) is 0 Å². The molecule has 0 spiro atoms. The largest absolute Gasteiger partial charge is 0.381 e. The van der Waals surface area contributed by atoms with Crippen LogP contribution in [0.2, 0.25) is 5.02 Å². The molecule has 4 nitrogen and oxygen atoms in total. The first-order chi connectivity index (χ1) is 10.1. The van der Waals surface area contributed by atoms with Gasteiger partial charge in [-0.05, 0) is 57.9 Å². The van der Waals surface area contributed by atoms with Crippen LogP contribution in [0.4, 0.5) is 16.2 Å². The Morgan fingerprint density at radius 1 is 1.14 bits per heavy atom. The van der Waals surface area contributed by atoms with E-state index < -0.39 is 0 Å². The Kier molecular flexibility index (Phi) is 5.47. The summed E-state index contributed by atoms with van der Waals surface area (Å²) in [6.45, 7) is 0.676. The topological polar surface area (TPSA) is 53.2 Å². The number of nitrogens with one attached hydrogen (secondary N) is 3. The first kappa shape index (κ1) is 15.7. The van der Waals surface area contributed by atoms with E-state index in [-0.39, 0.29) is 6.03 Å². The molecular formula is C15H15BrClN3O. The van der Waals surface area contributed by atoms with Gasteiger partial charge < -0.3 is 16.0 Å². The monoisotopic (exact) mass is 367 g/mol. The molecule has 0 radical (unpaired) electrons. The minimum Gasteiger partial charge on any atom is -0.381 e. The van der Waals surface area contributed by atoms with Crippen LogP contribution in [0.5, 0.6) is 0 Å². The summed E-state index contributed by atoms with van der Waals surface area (Å²) in [4.78, 5) is 11.2. The van der Waals surface area contributed by atoms with Crippen molar-refractivity contribution in [2.45, 2.75) is 6.54 Å². The van der Waals surface area contributed by atoms with Crippen LogP contribution >= 0.6 is 27.5 Å². The lowest BCUT2D eigenvalue weighted by Crippen LogP contribution is -2.24. The van der Waals surface area contributed by atoms with E-state index >= 15 is 0 Å². The molecule has 3 N–H and O–H groups in total. The molecule has 0 bridgehead atoms. The second-order valence-corrected chi connectivity index (χ2v) is 5.65. The zero-order chi connectivity index (χ0) is 15.2. The number of carbonyl (C=O) groups is 1. The average Bonchev–Trinajstić information content (AvgIpc) is 2.50. The van der Waals surface area contributed by atoms with E-state index in [2.05, 4.69) is 31.9 Å². The Morgan fingerprint density at radius 3 is 2.43 bits per heavy atom. The van der Waals surface area contributed by atoms with E-state index in [4.69, 9.17) is 11.6 Å². The lowest BCUT2D eigenvalue weighted by atomic mass is 10.2. The lowest BCUT2D eigenvalue weighted by Gasteiger charge is -2.09. The van der Waals surface area contributed by atoms with Gasteiger partial charge >= 0.3 is 6.03 Å². The second-order valence-electron chi connectivity index (χ2n) is 4.38. The van der Waals surface area contributed by atoms with Gasteiger partial charge in [0.05, 0.1) is 5.02 Å². The Hall–Kier alpha value is -1.72. The Morgan fingerprint density at radius 2 is 1.81 bits per heavy atom. The van der Waals surface area contributed by atoms with E-state index in [1.807, 2.05) is 42.5 Å². The van der Waals surface area contributed by atoms with Crippen molar-refractivity contribution >= 4 is 44.9 Å². The SMILES string of the molecule is CNC(=O)Nc1ccc(NCc2ccc(Br)c(Cl)c2)cc1. The van der Waals surface area contributed by atoms with Crippen molar-refractivity contribution in [3.05, 3.63) is 57.5 Å². The number of anilines is 2. The summed E-state index contributed by atoms with van der Waals surface area (Å²) in [5, 5.41) is 9.20. The van der Waals surface area contributed by atoms with E-state index in [0.29, 0.717) is 11.6 Å². The minimum absolute atomic E-state index is 0.236. The van der Waals surface area contributed by atoms with Crippen molar-refractivity contribution in [3.63, 3.8) is 0 Å². The van der Waals surface area contributed by atoms with Gasteiger partial charge in [0.2, 0.25) is 0 Å². The van der Waals surface area contributed by atoms with Crippen LogP contribution in [-0.2, 0) is 6.54 Å². The molecule has 0 aliphatic carbocycles. The standard InChI is InChI=1S/C15H15BrClN3O/c1-18-15(21)20-12-5-3-11(4-6-12)19-9-10-2-7-13(16)14(17)8-10/h2-8,19H,9H2,1H3,(H2,18,20,21). The third-order valence-corrected chi connectivity index (χ3v) is 4.08. The van der Waals surface area contributed by atoms with Crippen molar-refractivity contribution in [1.29, 1.82) is 0 Å². The molecule has 0 atom stereocenters. The third kappa shape index (κ3) is 4.65. The maximum atomic E-state index is 11.2. The van der Waals surface area contributed by atoms with Crippen LogP contribution in [0.15, 0.2) is 46.9 Å². The van der Waals surface area contributed by atoms with Crippen LogP contribution in [-0.4, -0.2) is 13.1 Å². The second kappa shape index (κ2) is 7.33. The van der Waals surface area contributed by atoms with Crippen molar-refractivity contribution in [1.82, 2.24) is 5.32 Å². The molecule has 2 aromatic rings. The summed E-state index contributed by atoms with van der Waals surface area (Å²) < 4.78 is 0.887. The average molecular weight is 369 g/mol. The number of rotatable bonds is 4. The predicted molar refractivity (Wildman–Crippen MR) is 91.0 cm³/mol. The molecule has 0 saturated carbocycles. The maximum Gasteiger partial charge on any atom is 0.318 e. The van der Waals surface area contributed by atoms with Crippen molar-refractivity contribution in [3.8, 4) is 0 Å². The van der Waals surface area contributed by atoms with Gasteiger partial charge in [0, 0.05) is 29.4 Å². The van der Waals surface area contributed by atoms with Gasteiger partial charge in [-0.2, -0.15) is 0 Å². The molecule has 0 unspecified atom stereocenters. The van der Waals surface area contributed by atoms with E-state index in [1.54, 1.807) is 7.05 Å². The van der Waals surface area contributed by atoms with Crippen LogP contribution < -0.4 is 16.0 Å². The Labute approximate surface area is 137 Å². The minimum atomic E-state index is -0.236. The summed E-state index contributed by atoms with van der Waals surface area (Å²) in [6, 6.07) is 13.1. The van der Waals surface area contributed by atoms with E-state index in [9.17, 15) is 4.79 Å². The molecule has 110 valence electrons. The molecule has 0 aromatic heterocycles. The zero-order valence-corrected chi connectivity index (χ0v) is 13.8. The third-order valence-electron chi connectivity index (χ3n) is 2.85. The normalized spacial score (nSPS) is 10.0. The first-order valence-electron chi connectivity index (χ1n) is 6.35. The summed E-state index contributed by atoms with van der Waals surface area (Å²) >= 11 is 9.42. The van der Waals surface area contributed by atoms with E-state index in [0.717, 1.165) is 21.4 Å². The maximum absolute atomic E-state index is 11.2. The van der Waals surface area contributed by atoms with Gasteiger partial charge in [0.15, 0.2) is 0 Å². The number of amides is 2. The summed E-state index contributed by atoms with van der Waals surface area (Å²) in [7, 11) is 1.58. The molecule has 2 amide bonds. The van der Waals surface area contributed by atoms with Crippen LogP contribution in [0.1, 0.15) is 5.56 Å². The molecule has 6 heteroatoms. The summed E-state index contributed by atoms with van der Waals surface area (Å²) in [5.74, 6) is 0. The summed E-state index contributed by atoms with van der Waals surface area (Å²) in [5.41, 5.74) is 2.80. The van der Waals surface area contributed by atoms with Gasteiger partial charge in [-0.15, -0.1) is 0 Å². The van der Waals surface area contributed by atoms with Crippen molar-refractivity contribution in [2.24, 2.45) is 0 Å². The molecule has 2 rings (SSSR count). The van der Waals surface area contributed by atoms with Crippen LogP contribution in [0, 0.1) is 0 Å². The van der Waals surface area contributed by atoms with Gasteiger partial charge in [0.1, 0.15) is 0 Å².